The fourth-order valence-electron chi connectivity index (χ4n) is 3.47. The van der Waals surface area contributed by atoms with Gasteiger partial charge < -0.3 is 15.3 Å². The number of aryl methyl sites for hydroxylation is 1. The molecule has 0 radical (unpaired) electrons. The number of aliphatic hydroxyl groups is 1. The second-order valence-electron chi connectivity index (χ2n) is 7.08. The quantitative estimate of drug-likeness (QED) is 0.837. The summed E-state index contributed by atoms with van der Waals surface area (Å²) in [5, 5.41) is 13.9. The van der Waals surface area contributed by atoms with Crippen LogP contribution in [0.3, 0.4) is 0 Å². The van der Waals surface area contributed by atoms with Gasteiger partial charge in [0.05, 0.1) is 0 Å². The number of rotatable bonds is 6. The van der Waals surface area contributed by atoms with Gasteiger partial charge in [-0.3, -0.25) is 4.79 Å². The van der Waals surface area contributed by atoms with Crippen LogP contribution >= 0.6 is 0 Å². The summed E-state index contributed by atoms with van der Waals surface area (Å²) in [6, 6.07) is 14.4. The molecule has 1 amide bonds. The molecule has 1 saturated heterocycles. The molecular formula is C21H25FN2O2. The average molecular weight is 356 g/mol. The lowest BCUT2D eigenvalue weighted by molar-refractivity contribution is -0.157. The molecule has 0 saturated carbocycles. The second-order valence-corrected chi connectivity index (χ2v) is 7.08. The Morgan fingerprint density at radius 1 is 1.19 bits per heavy atom. The van der Waals surface area contributed by atoms with Gasteiger partial charge in [0.2, 0.25) is 0 Å². The number of nitrogens with one attached hydrogen (secondary N) is 1. The normalized spacial score (nSPS) is 20.4. The van der Waals surface area contributed by atoms with Crippen LogP contribution < -0.4 is 5.32 Å². The standard InChI is InChI=1S/C21H25FN2O2/c1-16-5-2-7-18(11-16)14-24-10-4-9-21(26,20(24)25)15-23-13-17-6-3-8-19(22)12-17/h2-3,5-8,11-12,23,26H,4,9-10,13-15H2,1H3. The van der Waals surface area contributed by atoms with Crippen molar-refractivity contribution < 1.29 is 14.3 Å². The van der Waals surface area contributed by atoms with Crippen molar-refractivity contribution in [2.75, 3.05) is 13.1 Å². The summed E-state index contributed by atoms with van der Waals surface area (Å²) in [6.07, 6.45) is 1.20. The zero-order chi connectivity index (χ0) is 18.6. The van der Waals surface area contributed by atoms with Gasteiger partial charge in [-0.2, -0.15) is 0 Å². The number of halogens is 1. The van der Waals surface area contributed by atoms with Crippen LogP contribution in [-0.2, 0) is 17.9 Å². The Hall–Kier alpha value is -2.24. The van der Waals surface area contributed by atoms with Crippen molar-refractivity contribution in [2.24, 2.45) is 0 Å². The lowest BCUT2D eigenvalue weighted by Gasteiger charge is -2.38. The van der Waals surface area contributed by atoms with Crippen molar-refractivity contribution in [3.8, 4) is 0 Å². The molecule has 2 aromatic rings. The molecule has 0 bridgehead atoms. The van der Waals surface area contributed by atoms with E-state index in [9.17, 15) is 14.3 Å². The fourth-order valence-corrected chi connectivity index (χ4v) is 3.47. The molecule has 1 aliphatic heterocycles. The summed E-state index contributed by atoms with van der Waals surface area (Å²) in [7, 11) is 0. The molecule has 1 atom stereocenters. The lowest BCUT2D eigenvalue weighted by atomic mass is 9.91. The van der Waals surface area contributed by atoms with Crippen LogP contribution in [-0.4, -0.2) is 34.6 Å². The van der Waals surface area contributed by atoms with Crippen LogP contribution in [0.2, 0.25) is 0 Å². The van der Waals surface area contributed by atoms with Gasteiger partial charge in [-0.25, -0.2) is 4.39 Å². The van der Waals surface area contributed by atoms with Gasteiger partial charge >= 0.3 is 0 Å². The molecule has 0 spiro atoms. The SMILES string of the molecule is Cc1cccc(CN2CCCC(O)(CNCc3cccc(F)c3)C2=O)c1. The van der Waals surface area contributed by atoms with E-state index < -0.39 is 5.60 Å². The minimum atomic E-state index is -1.41. The number of carbonyl (C=O) groups excluding carboxylic acids is 1. The first-order chi connectivity index (χ1) is 12.5. The van der Waals surface area contributed by atoms with Crippen LogP contribution in [0.5, 0.6) is 0 Å². The van der Waals surface area contributed by atoms with Crippen LogP contribution in [0.1, 0.15) is 29.5 Å². The van der Waals surface area contributed by atoms with E-state index in [1.165, 1.54) is 12.1 Å². The number of amides is 1. The Morgan fingerprint density at radius 2 is 1.96 bits per heavy atom. The predicted molar refractivity (Wildman–Crippen MR) is 98.9 cm³/mol. The van der Waals surface area contributed by atoms with Crippen molar-refractivity contribution in [1.82, 2.24) is 10.2 Å². The highest BCUT2D eigenvalue weighted by molar-refractivity contribution is 5.86. The molecule has 0 aliphatic carbocycles. The zero-order valence-electron chi connectivity index (χ0n) is 15.0. The summed E-state index contributed by atoms with van der Waals surface area (Å²) in [5.74, 6) is -0.530. The second kappa shape index (κ2) is 7.98. The third-order valence-corrected chi connectivity index (χ3v) is 4.80. The molecule has 0 aromatic heterocycles. The van der Waals surface area contributed by atoms with E-state index in [0.29, 0.717) is 26.1 Å². The maximum Gasteiger partial charge on any atom is 0.256 e. The molecule has 2 N–H and O–H groups in total. The summed E-state index contributed by atoms with van der Waals surface area (Å²) in [6.45, 7) is 3.75. The van der Waals surface area contributed by atoms with Gasteiger partial charge in [-0.05, 0) is 43.0 Å². The van der Waals surface area contributed by atoms with E-state index in [-0.39, 0.29) is 18.3 Å². The molecule has 26 heavy (non-hydrogen) atoms. The van der Waals surface area contributed by atoms with Crippen LogP contribution in [0, 0.1) is 12.7 Å². The van der Waals surface area contributed by atoms with Gasteiger partial charge in [0.1, 0.15) is 5.82 Å². The molecule has 1 unspecified atom stereocenters. The maximum absolute atomic E-state index is 13.2. The molecule has 1 aliphatic rings. The highest BCUT2D eigenvalue weighted by Gasteiger charge is 2.41. The van der Waals surface area contributed by atoms with Crippen molar-refractivity contribution in [1.29, 1.82) is 0 Å². The Morgan fingerprint density at radius 3 is 2.73 bits per heavy atom. The maximum atomic E-state index is 13.2. The van der Waals surface area contributed by atoms with Gasteiger partial charge in [0.15, 0.2) is 5.60 Å². The number of hydrogen-bond acceptors (Lipinski definition) is 3. The first-order valence-corrected chi connectivity index (χ1v) is 8.99. The summed E-state index contributed by atoms with van der Waals surface area (Å²) in [5.41, 5.74) is 1.60. The first kappa shape index (κ1) is 18.5. The van der Waals surface area contributed by atoms with Gasteiger partial charge in [-0.15, -0.1) is 0 Å². The van der Waals surface area contributed by atoms with Crippen molar-refractivity contribution in [3.05, 3.63) is 71.0 Å². The van der Waals surface area contributed by atoms with E-state index in [4.69, 9.17) is 0 Å². The van der Waals surface area contributed by atoms with E-state index in [2.05, 4.69) is 11.4 Å². The largest absolute Gasteiger partial charge is 0.379 e. The van der Waals surface area contributed by atoms with Gasteiger partial charge in [-0.1, -0.05) is 42.0 Å². The van der Waals surface area contributed by atoms with Crippen LogP contribution in [0.15, 0.2) is 48.5 Å². The van der Waals surface area contributed by atoms with Crippen molar-refractivity contribution in [3.63, 3.8) is 0 Å². The number of piperidine rings is 1. The number of nitrogens with zero attached hydrogens (tertiary/aromatic N) is 1. The Kier molecular flexibility index (Phi) is 5.69. The predicted octanol–water partition coefficient (Wildman–Crippen LogP) is 2.78. The third kappa shape index (κ3) is 4.48. The Labute approximate surface area is 153 Å². The first-order valence-electron chi connectivity index (χ1n) is 8.99. The average Bonchev–Trinajstić information content (AvgIpc) is 2.59. The fraction of sp³-hybridized carbons (Fsp3) is 0.381. The number of hydrogen-bond donors (Lipinski definition) is 2. The smallest absolute Gasteiger partial charge is 0.256 e. The van der Waals surface area contributed by atoms with E-state index in [1.807, 2.05) is 31.2 Å². The van der Waals surface area contributed by atoms with E-state index in [0.717, 1.165) is 23.1 Å². The molecule has 4 nitrogen and oxygen atoms in total. The summed E-state index contributed by atoms with van der Waals surface area (Å²) >= 11 is 0. The molecule has 5 heteroatoms. The van der Waals surface area contributed by atoms with Crippen LogP contribution in [0.4, 0.5) is 4.39 Å². The molecular weight excluding hydrogens is 331 g/mol. The molecule has 2 aromatic carbocycles. The third-order valence-electron chi connectivity index (χ3n) is 4.80. The van der Waals surface area contributed by atoms with Crippen LogP contribution in [0.25, 0.3) is 0 Å². The van der Waals surface area contributed by atoms with Crippen molar-refractivity contribution in [2.45, 2.75) is 38.5 Å². The van der Waals surface area contributed by atoms with Gasteiger partial charge in [0, 0.05) is 26.2 Å². The topological polar surface area (TPSA) is 52.6 Å². The molecule has 138 valence electrons. The van der Waals surface area contributed by atoms with E-state index >= 15 is 0 Å². The van der Waals surface area contributed by atoms with E-state index in [1.54, 1.807) is 11.0 Å². The minimum Gasteiger partial charge on any atom is -0.379 e. The van der Waals surface area contributed by atoms with Gasteiger partial charge in [0.25, 0.3) is 5.91 Å². The minimum absolute atomic E-state index is 0.159. The number of likely N-dealkylation sites (tertiary alicyclic amines) is 1. The number of benzene rings is 2. The number of carbonyl (C=O) groups is 1. The van der Waals surface area contributed by atoms with Crippen molar-refractivity contribution >= 4 is 5.91 Å². The monoisotopic (exact) mass is 356 g/mol. The Balaban J connectivity index is 1.60. The highest BCUT2D eigenvalue weighted by atomic mass is 19.1. The lowest BCUT2D eigenvalue weighted by Crippen LogP contribution is -2.57. The molecule has 3 rings (SSSR count). The summed E-state index contributed by atoms with van der Waals surface area (Å²) < 4.78 is 13.2. The molecule has 1 fully saturated rings. The Bertz CT molecular complexity index is 780. The highest BCUT2D eigenvalue weighted by Crippen LogP contribution is 2.24. The zero-order valence-corrected chi connectivity index (χ0v) is 15.0. The molecule has 1 heterocycles. The summed E-state index contributed by atoms with van der Waals surface area (Å²) in [4.78, 5) is 14.5.